The number of amides is 1. The Morgan fingerprint density at radius 1 is 1.12 bits per heavy atom. The summed E-state index contributed by atoms with van der Waals surface area (Å²) in [7, 11) is -3.20. The maximum absolute atomic E-state index is 12.6. The third kappa shape index (κ3) is 5.36. The van der Waals surface area contributed by atoms with Crippen molar-refractivity contribution < 1.29 is 27.5 Å². The lowest BCUT2D eigenvalue weighted by Gasteiger charge is -2.13. The smallest absolute Gasteiger partial charge is 0.341 e. The highest BCUT2D eigenvalue weighted by molar-refractivity contribution is 7.90. The second kappa shape index (κ2) is 9.93. The van der Waals surface area contributed by atoms with Crippen LogP contribution in [0.1, 0.15) is 40.6 Å². The molecule has 0 bridgehead atoms. The van der Waals surface area contributed by atoms with E-state index in [1.54, 1.807) is 6.92 Å². The minimum Gasteiger partial charge on any atom is -0.493 e. The van der Waals surface area contributed by atoms with Gasteiger partial charge in [-0.2, -0.15) is 0 Å². The van der Waals surface area contributed by atoms with Gasteiger partial charge in [0.1, 0.15) is 10.8 Å². The minimum atomic E-state index is -3.20. The number of carbonyl (C=O) groups excluding carboxylic acids is 2. The van der Waals surface area contributed by atoms with Gasteiger partial charge in [0.2, 0.25) is 5.91 Å². The Balaban J connectivity index is 1.40. The lowest BCUT2D eigenvalue weighted by atomic mass is 10.1. The number of rotatable bonds is 8. The minimum absolute atomic E-state index is 0.0119. The first kappa shape index (κ1) is 23.3. The highest BCUT2D eigenvalue weighted by Gasteiger charge is 2.31. The van der Waals surface area contributed by atoms with Gasteiger partial charge in [0.25, 0.3) is 0 Å². The number of esters is 1. The molecule has 1 aliphatic rings. The van der Waals surface area contributed by atoms with Crippen LogP contribution in [0, 0.1) is 0 Å². The lowest BCUT2D eigenvalue weighted by Crippen LogP contribution is -2.20. The summed E-state index contributed by atoms with van der Waals surface area (Å²) in [4.78, 5) is 25.7. The number of fused-ring (bicyclic) bond motifs is 2. The highest BCUT2D eigenvalue weighted by Crippen LogP contribution is 2.38. The van der Waals surface area contributed by atoms with E-state index in [2.05, 4.69) is 5.32 Å². The standard InChI is InChI=1S/C24H25NO6S2/c1-2-30-24(27)22-18-12-14-33(28,29)15-20(18)32-23(22)25-21(26)11-6-13-31-19-10-5-8-16-7-3-4-9-17(16)19/h3-5,7-10H,2,6,11-15H2,1H3,(H,25,26). The highest BCUT2D eigenvalue weighted by atomic mass is 32.2. The molecule has 3 aromatic rings. The van der Waals surface area contributed by atoms with E-state index in [-0.39, 0.29) is 42.4 Å². The van der Waals surface area contributed by atoms with Gasteiger partial charge in [0.05, 0.1) is 30.3 Å². The van der Waals surface area contributed by atoms with E-state index in [9.17, 15) is 18.0 Å². The van der Waals surface area contributed by atoms with Crippen molar-refractivity contribution >= 4 is 48.8 Å². The SMILES string of the molecule is CCOC(=O)c1c(NC(=O)CCCOc2cccc3ccccc23)sc2c1CCS(=O)(=O)C2. The number of thiophene rings is 1. The Morgan fingerprint density at radius 2 is 1.91 bits per heavy atom. The van der Waals surface area contributed by atoms with Gasteiger partial charge >= 0.3 is 5.97 Å². The predicted molar refractivity (Wildman–Crippen MR) is 129 cm³/mol. The molecule has 0 radical (unpaired) electrons. The summed E-state index contributed by atoms with van der Waals surface area (Å²) >= 11 is 1.14. The second-order valence-electron chi connectivity index (χ2n) is 7.75. The average molecular weight is 488 g/mol. The van der Waals surface area contributed by atoms with Crippen LogP contribution in [0.25, 0.3) is 10.8 Å². The Morgan fingerprint density at radius 3 is 2.73 bits per heavy atom. The van der Waals surface area contributed by atoms with Gasteiger partial charge in [-0.05, 0) is 36.8 Å². The van der Waals surface area contributed by atoms with Crippen molar-refractivity contribution in [2.45, 2.75) is 31.9 Å². The molecule has 7 nitrogen and oxygen atoms in total. The van der Waals surface area contributed by atoms with Crippen LogP contribution >= 0.6 is 11.3 Å². The fourth-order valence-corrected chi connectivity index (χ4v) is 6.91. The Bertz CT molecular complexity index is 1290. The normalized spacial score (nSPS) is 14.5. The molecule has 0 saturated heterocycles. The van der Waals surface area contributed by atoms with Crippen molar-refractivity contribution in [1.29, 1.82) is 0 Å². The number of benzene rings is 2. The molecular formula is C24H25NO6S2. The van der Waals surface area contributed by atoms with Crippen LogP contribution in [-0.2, 0) is 31.5 Å². The van der Waals surface area contributed by atoms with Crippen LogP contribution in [0.2, 0.25) is 0 Å². The van der Waals surface area contributed by atoms with Crippen LogP contribution in [-0.4, -0.2) is 39.3 Å². The summed E-state index contributed by atoms with van der Waals surface area (Å²) in [6, 6.07) is 13.8. The molecule has 0 saturated carbocycles. The maximum atomic E-state index is 12.6. The summed E-state index contributed by atoms with van der Waals surface area (Å²) in [5, 5.41) is 5.25. The van der Waals surface area contributed by atoms with Gasteiger partial charge in [-0.3, -0.25) is 4.79 Å². The molecule has 2 aromatic carbocycles. The molecule has 0 aliphatic carbocycles. The zero-order valence-electron chi connectivity index (χ0n) is 18.3. The second-order valence-corrected chi connectivity index (χ2v) is 11.0. The third-order valence-electron chi connectivity index (χ3n) is 5.39. The van der Waals surface area contributed by atoms with Gasteiger partial charge < -0.3 is 14.8 Å². The van der Waals surface area contributed by atoms with Gasteiger partial charge in [-0.25, -0.2) is 13.2 Å². The quantitative estimate of drug-likeness (QED) is 0.375. The topological polar surface area (TPSA) is 98.8 Å². The van der Waals surface area contributed by atoms with Crippen LogP contribution in [0.15, 0.2) is 42.5 Å². The first-order valence-electron chi connectivity index (χ1n) is 10.8. The molecule has 0 fully saturated rings. The fourth-order valence-electron chi connectivity index (χ4n) is 3.86. The molecule has 174 valence electrons. The van der Waals surface area contributed by atoms with E-state index in [1.807, 2.05) is 42.5 Å². The first-order valence-corrected chi connectivity index (χ1v) is 13.4. The van der Waals surface area contributed by atoms with Crippen molar-refractivity contribution in [3.05, 3.63) is 58.5 Å². The summed E-state index contributed by atoms with van der Waals surface area (Å²) in [5.41, 5.74) is 0.954. The number of anilines is 1. The van der Waals surface area contributed by atoms with Crippen molar-refractivity contribution in [3.63, 3.8) is 0 Å². The van der Waals surface area contributed by atoms with Crippen LogP contribution < -0.4 is 10.1 Å². The van der Waals surface area contributed by atoms with Crippen molar-refractivity contribution in [3.8, 4) is 5.75 Å². The molecule has 0 unspecified atom stereocenters. The molecule has 2 heterocycles. The molecule has 33 heavy (non-hydrogen) atoms. The molecule has 1 amide bonds. The number of nitrogens with one attached hydrogen (secondary N) is 1. The zero-order valence-corrected chi connectivity index (χ0v) is 19.9. The third-order valence-corrected chi connectivity index (χ3v) is 8.28. The zero-order chi connectivity index (χ0) is 23.4. The molecular weight excluding hydrogens is 462 g/mol. The van der Waals surface area contributed by atoms with E-state index < -0.39 is 15.8 Å². The van der Waals surface area contributed by atoms with E-state index in [0.717, 1.165) is 27.9 Å². The average Bonchev–Trinajstić information content (AvgIpc) is 3.12. The summed E-state index contributed by atoms with van der Waals surface area (Å²) in [6.45, 7) is 2.27. The number of hydrogen-bond donors (Lipinski definition) is 1. The predicted octanol–water partition coefficient (Wildman–Crippen LogP) is 4.35. The van der Waals surface area contributed by atoms with E-state index in [0.29, 0.717) is 28.5 Å². The largest absolute Gasteiger partial charge is 0.493 e. The molecule has 4 rings (SSSR count). The Hall–Kier alpha value is -2.91. The van der Waals surface area contributed by atoms with Crippen LogP contribution in [0.4, 0.5) is 5.00 Å². The number of ether oxygens (including phenoxy) is 2. The summed E-state index contributed by atoms with van der Waals surface area (Å²) < 4.78 is 35.1. The molecule has 9 heteroatoms. The van der Waals surface area contributed by atoms with Gasteiger partial charge in [-0.15, -0.1) is 11.3 Å². The van der Waals surface area contributed by atoms with Crippen LogP contribution in [0.3, 0.4) is 0 Å². The molecule has 1 aliphatic heterocycles. The van der Waals surface area contributed by atoms with Crippen LogP contribution in [0.5, 0.6) is 5.75 Å². The van der Waals surface area contributed by atoms with Crippen molar-refractivity contribution in [2.24, 2.45) is 0 Å². The fraction of sp³-hybridized carbons (Fsp3) is 0.333. The van der Waals surface area contributed by atoms with Crippen molar-refractivity contribution in [2.75, 3.05) is 24.3 Å². The summed E-state index contributed by atoms with van der Waals surface area (Å²) in [5.74, 6) is -0.159. The van der Waals surface area contributed by atoms with Crippen molar-refractivity contribution in [1.82, 2.24) is 0 Å². The molecule has 1 aromatic heterocycles. The Labute approximate surface area is 196 Å². The van der Waals surface area contributed by atoms with Gasteiger partial charge in [-0.1, -0.05) is 36.4 Å². The molecule has 0 atom stereocenters. The molecule has 0 spiro atoms. The van der Waals surface area contributed by atoms with E-state index in [4.69, 9.17) is 9.47 Å². The maximum Gasteiger partial charge on any atom is 0.341 e. The molecule has 1 N–H and O–H groups in total. The Kier molecular flexibility index (Phi) is 6.99. The van der Waals surface area contributed by atoms with Gasteiger partial charge in [0, 0.05) is 16.7 Å². The number of carbonyl (C=O) groups is 2. The number of hydrogen-bond acceptors (Lipinski definition) is 7. The first-order chi connectivity index (χ1) is 15.9. The lowest BCUT2D eigenvalue weighted by molar-refractivity contribution is -0.116. The monoisotopic (exact) mass is 487 g/mol. The summed E-state index contributed by atoms with van der Waals surface area (Å²) in [6.07, 6.45) is 0.939. The number of sulfone groups is 1. The van der Waals surface area contributed by atoms with E-state index in [1.165, 1.54) is 0 Å². The van der Waals surface area contributed by atoms with E-state index >= 15 is 0 Å². The van der Waals surface area contributed by atoms with Gasteiger partial charge in [0.15, 0.2) is 9.84 Å².